The van der Waals surface area contributed by atoms with Gasteiger partial charge in [0, 0.05) is 0 Å². The van der Waals surface area contributed by atoms with Crippen LogP contribution in [0.5, 0.6) is 0 Å². The average Bonchev–Trinajstić information content (AvgIpc) is 1.96. The quantitative estimate of drug-likeness (QED) is 0.521. The standard InChI is InChI=1S/C8H14O2/c1-3-8(2)5-4-6-10-7(8)9/h3-6H2,1-2H3/t8-/m0/s1. The van der Waals surface area contributed by atoms with Crippen LogP contribution in [0.2, 0.25) is 0 Å². The number of hydrogen-bond acceptors (Lipinski definition) is 2. The summed E-state index contributed by atoms with van der Waals surface area (Å²) < 4.78 is 4.95. The predicted molar refractivity (Wildman–Crippen MR) is 38.6 cm³/mol. The van der Waals surface area contributed by atoms with Gasteiger partial charge in [-0.05, 0) is 26.2 Å². The Hall–Kier alpha value is -0.530. The van der Waals surface area contributed by atoms with Gasteiger partial charge in [-0.2, -0.15) is 0 Å². The molecule has 0 unspecified atom stereocenters. The lowest BCUT2D eigenvalue weighted by molar-refractivity contribution is -0.161. The van der Waals surface area contributed by atoms with Gasteiger partial charge in [0.25, 0.3) is 0 Å². The minimum atomic E-state index is -0.182. The molecular formula is C8H14O2. The molecule has 2 nitrogen and oxygen atoms in total. The molecule has 0 N–H and O–H groups in total. The lowest BCUT2D eigenvalue weighted by atomic mass is 9.82. The van der Waals surface area contributed by atoms with Crippen LogP contribution in [0.1, 0.15) is 33.1 Å². The number of ether oxygens (including phenoxy) is 1. The molecule has 0 aromatic rings. The van der Waals surface area contributed by atoms with E-state index in [1.165, 1.54) is 0 Å². The minimum absolute atomic E-state index is 0.0127. The van der Waals surface area contributed by atoms with Crippen molar-refractivity contribution < 1.29 is 9.53 Å². The molecule has 1 atom stereocenters. The molecular weight excluding hydrogens is 128 g/mol. The number of esters is 1. The van der Waals surface area contributed by atoms with Gasteiger partial charge in [-0.1, -0.05) is 6.92 Å². The van der Waals surface area contributed by atoms with Crippen molar-refractivity contribution in [2.45, 2.75) is 33.1 Å². The Morgan fingerprint density at radius 3 is 2.80 bits per heavy atom. The highest BCUT2D eigenvalue weighted by Gasteiger charge is 2.35. The maximum absolute atomic E-state index is 11.1. The highest BCUT2D eigenvalue weighted by molar-refractivity contribution is 5.76. The van der Waals surface area contributed by atoms with Crippen molar-refractivity contribution >= 4 is 5.97 Å². The molecule has 58 valence electrons. The third-order valence-corrected chi connectivity index (χ3v) is 2.38. The lowest BCUT2D eigenvalue weighted by Gasteiger charge is -2.29. The fraction of sp³-hybridized carbons (Fsp3) is 0.875. The molecule has 10 heavy (non-hydrogen) atoms. The van der Waals surface area contributed by atoms with E-state index in [0.29, 0.717) is 6.61 Å². The van der Waals surface area contributed by atoms with E-state index in [9.17, 15) is 4.79 Å². The second-order valence-corrected chi connectivity index (χ2v) is 3.15. The van der Waals surface area contributed by atoms with E-state index in [2.05, 4.69) is 0 Å². The zero-order chi connectivity index (χ0) is 7.61. The van der Waals surface area contributed by atoms with E-state index >= 15 is 0 Å². The van der Waals surface area contributed by atoms with E-state index in [1.54, 1.807) is 0 Å². The van der Waals surface area contributed by atoms with Gasteiger partial charge in [-0.15, -0.1) is 0 Å². The maximum Gasteiger partial charge on any atom is 0.311 e. The van der Waals surface area contributed by atoms with Crippen molar-refractivity contribution in [1.29, 1.82) is 0 Å². The molecule has 1 heterocycles. The summed E-state index contributed by atoms with van der Waals surface area (Å²) in [5.74, 6) is -0.0127. The summed E-state index contributed by atoms with van der Waals surface area (Å²) in [7, 11) is 0. The number of carbonyl (C=O) groups excluding carboxylic acids is 1. The molecule has 0 saturated carbocycles. The molecule has 0 bridgehead atoms. The van der Waals surface area contributed by atoms with Crippen LogP contribution in [0, 0.1) is 5.41 Å². The summed E-state index contributed by atoms with van der Waals surface area (Å²) in [4.78, 5) is 11.1. The van der Waals surface area contributed by atoms with Crippen LogP contribution >= 0.6 is 0 Å². The van der Waals surface area contributed by atoms with Crippen LogP contribution in [0.15, 0.2) is 0 Å². The fourth-order valence-corrected chi connectivity index (χ4v) is 1.22. The van der Waals surface area contributed by atoms with Gasteiger partial charge >= 0.3 is 5.97 Å². The summed E-state index contributed by atoms with van der Waals surface area (Å²) in [5, 5.41) is 0. The largest absolute Gasteiger partial charge is 0.465 e. The predicted octanol–water partition coefficient (Wildman–Crippen LogP) is 1.74. The molecule has 1 rings (SSSR count). The molecule has 0 radical (unpaired) electrons. The third-order valence-electron chi connectivity index (χ3n) is 2.38. The van der Waals surface area contributed by atoms with Gasteiger partial charge < -0.3 is 4.74 Å². The Morgan fingerprint density at radius 2 is 2.40 bits per heavy atom. The zero-order valence-electron chi connectivity index (χ0n) is 6.64. The first kappa shape index (κ1) is 7.58. The Labute approximate surface area is 61.6 Å². The van der Waals surface area contributed by atoms with Crippen molar-refractivity contribution in [3.05, 3.63) is 0 Å². The molecule has 1 fully saturated rings. The Morgan fingerprint density at radius 1 is 1.70 bits per heavy atom. The molecule has 0 aromatic heterocycles. The summed E-state index contributed by atoms with van der Waals surface area (Å²) in [5.41, 5.74) is -0.182. The summed E-state index contributed by atoms with van der Waals surface area (Å²) in [6.07, 6.45) is 2.91. The number of carbonyl (C=O) groups is 1. The number of cyclic esters (lactones) is 1. The molecule has 0 aromatic carbocycles. The van der Waals surface area contributed by atoms with E-state index in [-0.39, 0.29) is 11.4 Å². The molecule has 0 amide bonds. The van der Waals surface area contributed by atoms with Gasteiger partial charge in [-0.3, -0.25) is 4.79 Å². The monoisotopic (exact) mass is 142 g/mol. The van der Waals surface area contributed by atoms with E-state index in [0.717, 1.165) is 19.3 Å². The van der Waals surface area contributed by atoms with Crippen LogP contribution in [0.4, 0.5) is 0 Å². The van der Waals surface area contributed by atoms with E-state index in [4.69, 9.17) is 4.74 Å². The Balaban J connectivity index is 2.63. The first-order valence-electron chi connectivity index (χ1n) is 3.86. The van der Waals surface area contributed by atoms with Gasteiger partial charge in [0.1, 0.15) is 0 Å². The minimum Gasteiger partial charge on any atom is -0.465 e. The summed E-state index contributed by atoms with van der Waals surface area (Å²) in [6, 6.07) is 0. The Kier molecular flexibility index (Phi) is 1.97. The first-order valence-corrected chi connectivity index (χ1v) is 3.86. The normalized spacial score (nSPS) is 33.6. The van der Waals surface area contributed by atoms with Gasteiger partial charge in [0.05, 0.1) is 12.0 Å². The fourth-order valence-electron chi connectivity index (χ4n) is 1.22. The number of hydrogen-bond donors (Lipinski definition) is 0. The molecule has 2 heteroatoms. The summed E-state index contributed by atoms with van der Waals surface area (Å²) >= 11 is 0. The maximum atomic E-state index is 11.1. The van der Waals surface area contributed by atoms with Crippen molar-refractivity contribution in [3.8, 4) is 0 Å². The second kappa shape index (κ2) is 2.60. The highest BCUT2D eigenvalue weighted by Crippen LogP contribution is 2.32. The zero-order valence-corrected chi connectivity index (χ0v) is 6.64. The SMILES string of the molecule is CC[C@@]1(C)CCCOC1=O. The molecule has 0 spiro atoms. The van der Waals surface area contributed by atoms with Crippen molar-refractivity contribution in [2.24, 2.45) is 5.41 Å². The summed E-state index contributed by atoms with van der Waals surface area (Å²) in [6.45, 7) is 4.63. The van der Waals surface area contributed by atoms with E-state index < -0.39 is 0 Å². The molecule has 0 aliphatic carbocycles. The highest BCUT2D eigenvalue weighted by atomic mass is 16.5. The molecule has 1 aliphatic heterocycles. The van der Waals surface area contributed by atoms with Crippen molar-refractivity contribution in [3.63, 3.8) is 0 Å². The smallest absolute Gasteiger partial charge is 0.311 e. The second-order valence-electron chi connectivity index (χ2n) is 3.15. The van der Waals surface area contributed by atoms with Crippen molar-refractivity contribution in [2.75, 3.05) is 6.61 Å². The van der Waals surface area contributed by atoms with Gasteiger partial charge in [-0.25, -0.2) is 0 Å². The lowest BCUT2D eigenvalue weighted by Crippen LogP contribution is -2.33. The topological polar surface area (TPSA) is 26.3 Å². The molecule has 1 saturated heterocycles. The van der Waals surface area contributed by atoms with Crippen LogP contribution < -0.4 is 0 Å². The number of rotatable bonds is 1. The van der Waals surface area contributed by atoms with Gasteiger partial charge in [0.2, 0.25) is 0 Å². The molecule has 1 aliphatic rings. The van der Waals surface area contributed by atoms with Crippen LogP contribution in [0.25, 0.3) is 0 Å². The van der Waals surface area contributed by atoms with Gasteiger partial charge in [0.15, 0.2) is 0 Å². The average molecular weight is 142 g/mol. The van der Waals surface area contributed by atoms with Crippen molar-refractivity contribution in [1.82, 2.24) is 0 Å². The van der Waals surface area contributed by atoms with Crippen LogP contribution in [0.3, 0.4) is 0 Å². The van der Waals surface area contributed by atoms with Crippen LogP contribution in [-0.2, 0) is 9.53 Å². The van der Waals surface area contributed by atoms with E-state index in [1.807, 2.05) is 13.8 Å². The first-order chi connectivity index (χ1) is 4.69. The van der Waals surface area contributed by atoms with Crippen LogP contribution in [-0.4, -0.2) is 12.6 Å². The third kappa shape index (κ3) is 1.15. The Bertz CT molecular complexity index is 142.